The molecule has 4 heteroatoms. The molecule has 0 aliphatic rings. The Morgan fingerprint density at radius 3 is 2.73 bits per heavy atom. The molecule has 1 aromatic rings. The van der Waals surface area contributed by atoms with Crippen molar-refractivity contribution in [1.29, 1.82) is 0 Å². The molecule has 0 amide bonds. The molecule has 1 unspecified atom stereocenters. The molecule has 0 spiro atoms. The van der Waals surface area contributed by atoms with Crippen LogP contribution < -0.4 is 0 Å². The average molecular weight is 228 g/mol. The second-order valence-corrected chi connectivity index (χ2v) is 4.52. The molecule has 0 saturated heterocycles. The Labute approximate surface area is 92.5 Å². The highest BCUT2D eigenvalue weighted by Gasteiger charge is 2.14. The number of hydrogen-bond acceptors (Lipinski definition) is 2. The molecular formula is C11H13FO2S. The molecular weight excluding hydrogens is 215 g/mol. The zero-order chi connectivity index (χ0) is 11.3. The van der Waals surface area contributed by atoms with Crippen molar-refractivity contribution >= 4 is 17.7 Å². The first kappa shape index (κ1) is 12.0. The van der Waals surface area contributed by atoms with E-state index >= 15 is 0 Å². The largest absolute Gasteiger partial charge is 0.481 e. The summed E-state index contributed by atoms with van der Waals surface area (Å²) in [6.45, 7) is 1.90. The maximum Gasteiger partial charge on any atom is 0.304 e. The highest BCUT2D eigenvalue weighted by atomic mass is 32.2. The van der Waals surface area contributed by atoms with Crippen molar-refractivity contribution < 1.29 is 14.3 Å². The van der Waals surface area contributed by atoms with Gasteiger partial charge in [-0.2, -0.15) is 0 Å². The summed E-state index contributed by atoms with van der Waals surface area (Å²) in [7, 11) is 0. The molecule has 82 valence electrons. The van der Waals surface area contributed by atoms with E-state index in [-0.39, 0.29) is 17.5 Å². The van der Waals surface area contributed by atoms with Gasteiger partial charge in [0.15, 0.2) is 0 Å². The van der Waals surface area contributed by atoms with Crippen LogP contribution in [0.5, 0.6) is 0 Å². The Bertz CT molecular complexity index is 341. The Morgan fingerprint density at radius 1 is 1.53 bits per heavy atom. The van der Waals surface area contributed by atoms with Crippen molar-refractivity contribution in [1.82, 2.24) is 0 Å². The van der Waals surface area contributed by atoms with Gasteiger partial charge < -0.3 is 5.11 Å². The first-order chi connectivity index (χ1) is 7.13. The van der Waals surface area contributed by atoms with Crippen molar-refractivity contribution in [2.45, 2.75) is 29.9 Å². The van der Waals surface area contributed by atoms with Gasteiger partial charge in [-0.3, -0.25) is 4.79 Å². The number of halogens is 1. The SMILES string of the molecule is CCC(CC(=O)O)Sc1ccccc1F. The molecule has 15 heavy (non-hydrogen) atoms. The second-order valence-electron chi connectivity index (χ2n) is 3.18. The normalized spacial score (nSPS) is 12.4. The number of carboxylic acid groups (broad SMARTS) is 1. The van der Waals surface area contributed by atoms with E-state index < -0.39 is 5.97 Å². The molecule has 0 fully saturated rings. The summed E-state index contributed by atoms with van der Waals surface area (Å²) >= 11 is 1.29. The standard InChI is InChI=1S/C11H13FO2S/c1-2-8(7-11(13)14)15-10-6-4-3-5-9(10)12/h3-6,8H,2,7H2,1H3,(H,13,14). The van der Waals surface area contributed by atoms with Crippen LogP contribution in [0.1, 0.15) is 19.8 Å². The summed E-state index contributed by atoms with van der Waals surface area (Å²) in [6.07, 6.45) is 0.779. The zero-order valence-corrected chi connectivity index (χ0v) is 9.26. The van der Waals surface area contributed by atoms with Crippen LogP contribution in [0.3, 0.4) is 0 Å². The van der Waals surface area contributed by atoms with Crippen LogP contribution in [-0.4, -0.2) is 16.3 Å². The van der Waals surface area contributed by atoms with Gasteiger partial charge in [-0.15, -0.1) is 11.8 Å². The van der Waals surface area contributed by atoms with E-state index in [1.54, 1.807) is 18.2 Å². The Hall–Kier alpha value is -1.03. The highest BCUT2D eigenvalue weighted by molar-refractivity contribution is 8.00. The zero-order valence-electron chi connectivity index (χ0n) is 8.44. The van der Waals surface area contributed by atoms with Gasteiger partial charge in [0.05, 0.1) is 6.42 Å². The van der Waals surface area contributed by atoms with Crippen LogP contribution in [-0.2, 0) is 4.79 Å². The van der Waals surface area contributed by atoms with Gasteiger partial charge in [-0.05, 0) is 18.6 Å². The quantitative estimate of drug-likeness (QED) is 0.786. The summed E-state index contributed by atoms with van der Waals surface area (Å²) in [5.74, 6) is -1.13. The average Bonchev–Trinajstić information content (AvgIpc) is 2.19. The fourth-order valence-electron chi connectivity index (χ4n) is 1.18. The first-order valence-corrected chi connectivity index (χ1v) is 5.64. The van der Waals surface area contributed by atoms with Crippen molar-refractivity contribution in [3.05, 3.63) is 30.1 Å². The van der Waals surface area contributed by atoms with E-state index in [9.17, 15) is 9.18 Å². The smallest absolute Gasteiger partial charge is 0.304 e. The predicted octanol–water partition coefficient (Wildman–Crippen LogP) is 3.17. The predicted molar refractivity (Wildman–Crippen MR) is 58.6 cm³/mol. The highest BCUT2D eigenvalue weighted by Crippen LogP contribution is 2.29. The van der Waals surface area contributed by atoms with Crippen molar-refractivity contribution in [2.75, 3.05) is 0 Å². The Balaban J connectivity index is 2.66. The minimum atomic E-state index is -0.842. The van der Waals surface area contributed by atoms with Crippen LogP contribution >= 0.6 is 11.8 Å². The van der Waals surface area contributed by atoms with Gasteiger partial charge in [0.2, 0.25) is 0 Å². The first-order valence-electron chi connectivity index (χ1n) is 4.76. The number of hydrogen-bond donors (Lipinski definition) is 1. The summed E-state index contributed by atoms with van der Waals surface area (Å²) in [4.78, 5) is 11.1. The van der Waals surface area contributed by atoms with Crippen LogP contribution in [0.4, 0.5) is 4.39 Å². The molecule has 1 atom stereocenters. The molecule has 1 N–H and O–H groups in total. The molecule has 1 aromatic carbocycles. The molecule has 0 aliphatic carbocycles. The third-order valence-electron chi connectivity index (χ3n) is 1.99. The van der Waals surface area contributed by atoms with E-state index in [1.807, 2.05) is 6.92 Å². The fraction of sp³-hybridized carbons (Fsp3) is 0.364. The number of rotatable bonds is 5. The van der Waals surface area contributed by atoms with E-state index in [0.717, 1.165) is 0 Å². The summed E-state index contributed by atoms with van der Waals surface area (Å²) in [6, 6.07) is 6.43. The molecule has 0 bridgehead atoms. The van der Waals surface area contributed by atoms with E-state index in [1.165, 1.54) is 17.8 Å². The third kappa shape index (κ3) is 3.91. The number of thioether (sulfide) groups is 1. The molecule has 0 aliphatic heterocycles. The molecule has 0 saturated carbocycles. The lowest BCUT2D eigenvalue weighted by Crippen LogP contribution is -2.08. The molecule has 0 radical (unpaired) electrons. The van der Waals surface area contributed by atoms with Crippen LogP contribution in [0.15, 0.2) is 29.2 Å². The molecule has 0 aromatic heterocycles. The monoisotopic (exact) mass is 228 g/mol. The maximum absolute atomic E-state index is 13.3. The van der Waals surface area contributed by atoms with Gasteiger partial charge in [-0.1, -0.05) is 19.1 Å². The van der Waals surface area contributed by atoms with E-state index in [2.05, 4.69) is 0 Å². The van der Waals surface area contributed by atoms with Crippen molar-refractivity contribution in [2.24, 2.45) is 0 Å². The fourth-order valence-corrected chi connectivity index (χ4v) is 2.27. The number of carboxylic acids is 1. The molecule has 1 rings (SSSR count). The van der Waals surface area contributed by atoms with Gasteiger partial charge in [0.1, 0.15) is 5.82 Å². The number of carbonyl (C=O) groups is 1. The van der Waals surface area contributed by atoms with Crippen molar-refractivity contribution in [3.8, 4) is 0 Å². The van der Waals surface area contributed by atoms with Crippen LogP contribution in [0.2, 0.25) is 0 Å². The number of aliphatic carboxylic acids is 1. The second kappa shape index (κ2) is 5.75. The lowest BCUT2D eigenvalue weighted by atomic mass is 10.2. The number of benzene rings is 1. The Morgan fingerprint density at radius 2 is 2.20 bits per heavy atom. The maximum atomic E-state index is 13.3. The van der Waals surface area contributed by atoms with E-state index in [4.69, 9.17) is 5.11 Å². The van der Waals surface area contributed by atoms with Crippen LogP contribution in [0.25, 0.3) is 0 Å². The summed E-state index contributed by atoms with van der Waals surface area (Å²) in [5, 5.41) is 8.59. The van der Waals surface area contributed by atoms with Gasteiger partial charge >= 0.3 is 5.97 Å². The summed E-state index contributed by atoms with van der Waals surface area (Å²) in [5.41, 5.74) is 0. The van der Waals surface area contributed by atoms with E-state index in [0.29, 0.717) is 11.3 Å². The van der Waals surface area contributed by atoms with Gasteiger partial charge in [-0.25, -0.2) is 4.39 Å². The lowest BCUT2D eigenvalue weighted by molar-refractivity contribution is -0.136. The van der Waals surface area contributed by atoms with Gasteiger partial charge in [0.25, 0.3) is 0 Å². The van der Waals surface area contributed by atoms with Crippen molar-refractivity contribution in [3.63, 3.8) is 0 Å². The topological polar surface area (TPSA) is 37.3 Å². The Kier molecular flexibility index (Phi) is 4.62. The minimum Gasteiger partial charge on any atom is -0.481 e. The minimum absolute atomic E-state index is 0.0650. The van der Waals surface area contributed by atoms with Gasteiger partial charge in [0, 0.05) is 10.1 Å². The molecule has 2 nitrogen and oxygen atoms in total. The lowest BCUT2D eigenvalue weighted by Gasteiger charge is -2.12. The van der Waals surface area contributed by atoms with Crippen LogP contribution in [0, 0.1) is 5.82 Å². The summed E-state index contributed by atoms with van der Waals surface area (Å²) < 4.78 is 13.3. The third-order valence-corrected chi connectivity index (χ3v) is 3.41. The molecule has 0 heterocycles.